The first kappa shape index (κ1) is 17.4. The van der Waals surface area contributed by atoms with Crippen LogP contribution in [0.1, 0.15) is 35.0 Å². The number of methoxy groups -OCH3 is 3. The maximum absolute atomic E-state index is 5.44. The Morgan fingerprint density at radius 1 is 0.667 bits per heavy atom. The molecule has 0 radical (unpaired) electrons. The molecule has 21 heavy (non-hydrogen) atoms. The van der Waals surface area contributed by atoms with E-state index >= 15 is 0 Å². The molecule has 3 heteroatoms. The van der Waals surface area contributed by atoms with Gasteiger partial charge in [0.1, 0.15) is 18.3 Å². The van der Waals surface area contributed by atoms with Gasteiger partial charge in [-0.3, -0.25) is 0 Å². The molecule has 0 saturated heterocycles. The lowest BCUT2D eigenvalue weighted by Crippen LogP contribution is -2.06. The number of ether oxygens (including phenoxy) is 3. The summed E-state index contributed by atoms with van der Waals surface area (Å²) in [5, 5.41) is 0. The topological polar surface area (TPSA) is 27.7 Å². The van der Waals surface area contributed by atoms with Gasteiger partial charge in [-0.15, -0.1) is 19.7 Å². The predicted molar refractivity (Wildman–Crippen MR) is 86.3 cm³/mol. The van der Waals surface area contributed by atoms with E-state index in [-0.39, 0.29) is 18.3 Å². The van der Waals surface area contributed by atoms with Crippen molar-refractivity contribution in [2.75, 3.05) is 21.3 Å². The Kier molecular flexibility index (Phi) is 7.09. The minimum atomic E-state index is -0.187. The summed E-state index contributed by atoms with van der Waals surface area (Å²) in [6.45, 7) is 11.4. The molecule has 0 aromatic heterocycles. The third-order valence-corrected chi connectivity index (χ3v) is 3.39. The Labute approximate surface area is 127 Å². The average molecular weight is 288 g/mol. The zero-order chi connectivity index (χ0) is 15.8. The van der Waals surface area contributed by atoms with E-state index < -0.39 is 0 Å². The largest absolute Gasteiger partial charge is 0.373 e. The Morgan fingerprint density at radius 2 is 0.905 bits per heavy atom. The summed E-state index contributed by atoms with van der Waals surface area (Å²) in [5.41, 5.74) is 2.98. The lowest BCUT2D eigenvalue weighted by molar-refractivity contribution is 0.132. The lowest BCUT2D eigenvalue weighted by atomic mass is 9.96. The van der Waals surface area contributed by atoms with Crippen molar-refractivity contribution < 1.29 is 14.2 Å². The first-order valence-corrected chi connectivity index (χ1v) is 6.75. The molecular formula is C18H24O3. The molecule has 0 aliphatic carbocycles. The highest BCUT2D eigenvalue weighted by Crippen LogP contribution is 2.30. The van der Waals surface area contributed by atoms with Crippen LogP contribution in [-0.2, 0) is 14.2 Å². The molecule has 0 saturated carbocycles. The Hall–Kier alpha value is -1.68. The van der Waals surface area contributed by atoms with E-state index in [1.54, 1.807) is 39.6 Å². The lowest BCUT2D eigenvalue weighted by Gasteiger charge is -2.20. The van der Waals surface area contributed by atoms with Crippen molar-refractivity contribution in [1.29, 1.82) is 0 Å². The molecule has 0 aliphatic heterocycles. The molecule has 0 fully saturated rings. The fourth-order valence-corrected chi connectivity index (χ4v) is 2.30. The second-order valence-corrected chi connectivity index (χ2v) is 4.61. The fraction of sp³-hybridized carbons (Fsp3) is 0.333. The molecule has 114 valence electrons. The van der Waals surface area contributed by atoms with Gasteiger partial charge in [-0.2, -0.15) is 0 Å². The van der Waals surface area contributed by atoms with Crippen molar-refractivity contribution in [2.24, 2.45) is 0 Å². The van der Waals surface area contributed by atoms with Crippen molar-refractivity contribution in [3.05, 3.63) is 72.9 Å². The molecule has 0 aliphatic rings. The van der Waals surface area contributed by atoms with Gasteiger partial charge in [-0.05, 0) is 34.9 Å². The smallest absolute Gasteiger partial charge is 0.100 e. The number of hydrogen-bond donors (Lipinski definition) is 0. The monoisotopic (exact) mass is 288 g/mol. The van der Waals surface area contributed by atoms with E-state index in [1.165, 1.54) is 0 Å². The molecule has 0 heterocycles. The van der Waals surface area contributed by atoms with Crippen LogP contribution in [-0.4, -0.2) is 21.3 Å². The molecule has 0 spiro atoms. The summed E-state index contributed by atoms with van der Waals surface area (Å²) < 4.78 is 16.3. The van der Waals surface area contributed by atoms with Crippen molar-refractivity contribution in [2.45, 2.75) is 18.3 Å². The van der Waals surface area contributed by atoms with Crippen LogP contribution in [0.2, 0.25) is 0 Å². The highest BCUT2D eigenvalue weighted by atomic mass is 16.5. The molecule has 1 aromatic rings. The first-order valence-electron chi connectivity index (χ1n) is 6.75. The summed E-state index contributed by atoms with van der Waals surface area (Å²) in [5.74, 6) is 0. The van der Waals surface area contributed by atoms with Gasteiger partial charge in [0.25, 0.3) is 0 Å². The maximum Gasteiger partial charge on any atom is 0.100 e. The molecule has 0 bridgehead atoms. The van der Waals surface area contributed by atoms with Crippen LogP contribution in [0.15, 0.2) is 56.2 Å². The molecular weight excluding hydrogens is 264 g/mol. The fourth-order valence-electron chi connectivity index (χ4n) is 2.30. The van der Waals surface area contributed by atoms with E-state index in [0.29, 0.717) is 0 Å². The highest BCUT2D eigenvalue weighted by molar-refractivity contribution is 5.37. The zero-order valence-corrected chi connectivity index (χ0v) is 13.0. The van der Waals surface area contributed by atoms with E-state index in [1.807, 2.05) is 18.2 Å². The minimum absolute atomic E-state index is 0.187. The zero-order valence-electron chi connectivity index (χ0n) is 13.0. The van der Waals surface area contributed by atoms with Gasteiger partial charge in [0, 0.05) is 21.3 Å². The van der Waals surface area contributed by atoms with Gasteiger partial charge in [-0.1, -0.05) is 18.2 Å². The maximum atomic E-state index is 5.44. The molecule has 3 unspecified atom stereocenters. The Bertz CT molecular complexity index is 409. The van der Waals surface area contributed by atoms with Crippen LogP contribution in [0, 0.1) is 0 Å². The first-order chi connectivity index (χ1) is 10.1. The average Bonchev–Trinajstić information content (AvgIpc) is 2.51. The van der Waals surface area contributed by atoms with Gasteiger partial charge in [0.15, 0.2) is 0 Å². The van der Waals surface area contributed by atoms with Crippen molar-refractivity contribution in [3.63, 3.8) is 0 Å². The summed E-state index contributed by atoms with van der Waals surface area (Å²) in [4.78, 5) is 0. The summed E-state index contributed by atoms with van der Waals surface area (Å²) >= 11 is 0. The van der Waals surface area contributed by atoms with E-state index in [2.05, 4.69) is 19.7 Å². The number of benzene rings is 1. The van der Waals surface area contributed by atoms with Crippen molar-refractivity contribution in [1.82, 2.24) is 0 Å². The second kappa shape index (κ2) is 8.57. The summed E-state index contributed by atoms with van der Waals surface area (Å²) in [7, 11) is 4.96. The van der Waals surface area contributed by atoms with Crippen LogP contribution in [0.5, 0.6) is 0 Å². The van der Waals surface area contributed by atoms with Crippen LogP contribution >= 0.6 is 0 Å². The van der Waals surface area contributed by atoms with Gasteiger partial charge >= 0.3 is 0 Å². The second-order valence-electron chi connectivity index (χ2n) is 4.61. The third kappa shape index (κ3) is 4.14. The SMILES string of the molecule is C=CC(OC)c1cc(C(C=C)OC)cc(C(C=C)OC)c1. The van der Waals surface area contributed by atoms with Crippen molar-refractivity contribution >= 4 is 0 Å². The van der Waals surface area contributed by atoms with Gasteiger partial charge in [0.2, 0.25) is 0 Å². The molecule has 0 N–H and O–H groups in total. The number of rotatable bonds is 9. The normalized spacial score (nSPS) is 15.0. The quantitative estimate of drug-likeness (QED) is 0.634. The molecule has 1 rings (SSSR count). The molecule has 1 aromatic carbocycles. The van der Waals surface area contributed by atoms with Crippen LogP contribution in [0.4, 0.5) is 0 Å². The van der Waals surface area contributed by atoms with Gasteiger partial charge < -0.3 is 14.2 Å². The van der Waals surface area contributed by atoms with Gasteiger partial charge in [-0.25, -0.2) is 0 Å². The number of hydrogen-bond acceptors (Lipinski definition) is 3. The summed E-state index contributed by atoms with van der Waals surface area (Å²) in [6.07, 6.45) is 4.71. The predicted octanol–water partition coefficient (Wildman–Crippen LogP) is 4.31. The van der Waals surface area contributed by atoms with E-state index in [0.717, 1.165) is 16.7 Å². The molecule has 0 amide bonds. The van der Waals surface area contributed by atoms with E-state index in [9.17, 15) is 0 Å². The van der Waals surface area contributed by atoms with Gasteiger partial charge in [0.05, 0.1) is 0 Å². The Morgan fingerprint density at radius 3 is 1.05 bits per heavy atom. The highest BCUT2D eigenvalue weighted by Gasteiger charge is 2.16. The van der Waals surface area contributed by atoms with Crippen LogP contribution < -0.4 is 0 Å². The van der Waals surface area contributed by atoms with Crippen molar-refractivity contribution in [3.8, 4) is 0 Å². The minimum Gasteiger partial charge on any atom is -0.373 e. The Balaban J connectivity index is 3.40. The molecule has 3 atom stereocenters. The molecule has 3 nitrogen and oxygen atoms in total. The third-order valence-electron chi connectivity index (χ3n) is 3.39. The summed E-state index contributed by atoms with van der Waals surface area (Å²) in [6, 6.07) is 6.10. The standard InChI is InChI=1S/C18H24O3/c1-7-16(19-4)13-10-14(17(8-2)20-5)12-15(11-13)18(9-3)21-6/h7-12,16-18H,1-3H2,4-6H3. The van der Waals surface area contributed by atoms with E-state index in [4.69, 9.17) is 14.2 Å². The van der Waals surface area contributed by atoms with Crippen LogP contribution in [0.25, 0.3) is 0 Å². The van der Waals surface area contributed by atoms with Crippen LogP contribution in [0.3, 0.4) is 0 Å².